The zero-order valence-electron chi connectivity index (χ0n) is 11.6. The molecule has 0 saturated heterocycles. The van der Waals surface area contributed by atoms with Gasteiger partial charge in [-0.05, 0) is 24.3 Å². The van der Waals surface area contributed by atoms with Gasteiger partial charge in [-0.1, -0.05) is 12.1 Å². The molecule has 7 heteroatoms. The van der Waals surface area contributed by atoms with Crippen LogP contribution >= 0.6 is 11.3 Å². The molecule has 0 unspecified atom stereocenters. The predicted molar refractivity (Wildman–Crippen MR) is 85.5 cm³/mol. The van der Waals surface area contributed by atoms with Crippen LogP contribution in [0.25, 0.3) is 16.5 Å². The number of nitro benzene ring substituents is 1. The van der Waals surface area contributed by atoms with E-state index in [9.17, 15) is 14.9 Å². The number of nitrogens with one attached hydrogen (secondary N) is 1. The number of thiophene rings is 1. The number of benzene rings is 1. The zero-order chi connectivity index (χ0) is 15.9. The smallest absolute Gasteiger partial charge is 0.278 e. The van der Waals surface area contributed by atoms with Gasteiger partial charge in [-0.2, -0.15) is 0 Å². The van der Waals surface area contributed by atoms with Crippen molar-refractivity contribution in [3.8, 4) is 10.4 Å². The van der Waals surface area contributed by atoms with Crippen LogP contribution in [0.2, 0.25) is 0 Å². The lowest BCUT2D eigenvalue weighted by molar-refractivity contribution is -0.384. The molecule has 1 amide bonds. The van der Waals surface area contributed by atoms with Gasteiger partial charge in [-0.15, -0.1) is 11.3 Å². The number of aliphatic hydroxyl groups excluding tert-OH is 1. The average Bonchev–Trinajstić information content (AvgIpc) is 2.99. The Morgan fingerprint density at radius 3 is 2.82 bits per heavy atom. The minimum absolute atomic E-state index is 0.0561. The zero-order valence-corrected chi connectivity index (χ0v) is 12.4. The third-order valence-corrected chi connectivity index (χ3v) is 3.89. The topological polar surface area (TPSA) is 92.5 Å². The number of rotatable bonds is 6. The Hall–Kier alpha value is -2.51. The van der Waals surface area contributed by atoms with E-state index in [1.807, 2.05) is 0 Å². The van der Waals surface area contributed by atoms with Crippen LogP contribution in [-0.4, -0.2) is 29.1 Å². The third kappa shape index (κ3) is 4.00. The largest absolute Gasteiger partial charge is 0.395 e. The van der Waals surface area contributed by atoms with E-state index in [0.717, 1.165) is 9.75 Å². The second-order valence-electron chi connectivity index (χ2n) is 4.32. The van der Waals surface area contributed by atoms with Crippen molar-refractivity contribution in [1.29, 1.82) is 0 Å². The van der Waals surface area contributed by atoms with Crippen LogP contribution < -0.4 is 5.32 Å². The van der Waals surface area contributed by atoms with Crippen LogP contribution in [0, 0.1) is 10.1 Å². The summed E-state index contributed by atoms with van der Waals surface area (Å²) in [5.74, 6) is -0.297. The minimum Gasteiger partial charge on any atom is -0.395 e. The molecule has 0 fully saturated rings. The molecule has 0 bridgehead atoms. The van der Waals surface area contributed by atoms with E-state index in [0.29, 0.717) is 5.56 Å². The summed E-state index contributed by atoms with van der Waals surface area (Å²) in [5, 5.41) is 22.2. The molecule has 0 aliphatic heterocycles. The lowest BCUT2D eigenvalue weighted by Gasteiger charge is -1.98. The molecule has 6 nitrogen and oxygen atoms in total. The number of para-hydroxylation sites is 1. The number of carbonyl (C=O) groups excluding carboxylic acids is 1. The summed E-state index contributed by atoms with van der Waals surface area (Å²) in [5.41, 5.74) is 0.613. The van der Waals surface area contributed by atoms with Crippen LogP contribution in [-0.2, 0) is 4.79 Å². The van der Waals surface area contributed by atoms with Crippen molar-refractivity contribution in [2.24, 2.45) is 0 Å². The van der Waals surface area contributed by atoms with E-state index >= 15 is 0 Å². The van der Waals surface area contributed by atoms with Crippen molar-refractivity contribution in [3.63, 3.8) is 0 Å². The summed E-state index contributed by atoms with van der Waals surface area (Å²) < 4.78 is 0. The summed E-state index contributed by atoms with van der Waals surface area (Å²) >= 11 is 1.36. The number of nitro groups is 1. The molecule has 0 aliphatic carbocycles. The van der Waals surface area contributed by atoms with E-state index in [1.165, 1.54) is 23.5 Å². The first kappa shape index (κ1) is 15.9. The Morgan fingerprint density at radius 2 is 2.09 bits per heavy atom. The van der Waals surface area contributed by atoms with Gasteiger partial charge in [0.25, 0.3) is 5.69 Å². The second kappa shape index (κ2) is 7.48. The Bertz CT molecular complexity index is 709. The lowest BCUT2D eigenvalue weighted by Crippen LogP contribution is -2.24. The average molecular weight is 318 g/mol. The molecule has 2 aromatic rings. The molecular weight excluding hydrogens is 304 g/mol. The first-order chi connectivity index (χ1) is 10.6. The Morgan fingerprint density at radius 1 is 1.32 bits per heavy atom. The fraction of sp³-hybridized carbons (Fsp3) is 0.133. The monoisotopic (exact) mass is 318 g/mol. The van der Waals surface area contributed by atoms with E-state index in [4.69, 9.17) is 5.11 Å². The summed E-state index contributed by atoms with van der Waals surface area (Å²) in [4.78, 5) is 23.6. The van der Waals surface area contributed by atoms with Crippen molar-refractivity contribution < 1.29 is 14.8 Å². The fourth-order valence-electron chi connectivity index (χ4n) is 1.82. The van der Waals surface area contributed by atoms with Gasteiger partial charge >= 0.3 is 0 Å². The van der Waals surface area contributed by atoms with Crippen LogP contribution in [0.4, 0.5) is 5.69 Å². The van der Waals surface area contributed by atoms with Crippen molar-refractivity contribution in [2.45, 2.75) is 0 Å². The number of hydrogen-bond donors (Lipinski definition) is 2. The highest BCUT2D eigenvalue weighted by molar-refractivity contribution is 7.16. The van der Waals surface area contributed by atoms with E-state index < -0.39 is 4.92 Å². The van der Waals surface area contributed by atoms with Crippen LogP contribution in [0.1, 0.15) is 4.88 Å². The van der Waals surface area contributed by atoms with Gasteiger partial charge in [0, 0.05) is 28.4 Å². The molecule has 1 heterocycles. The first-order valence-electron chi connectivity index (χ1n) is 6.52. The molecule has 0 saturated carbocycles. The summed E-state index contributed by atoms with van der Waals surface area (Å²) in [6.45, 7) is 0.0927. The number of aliphatic hydroxyl groups is 1. The molecule has 1 aromatic carbocycles. The highest BCUT2D eigenvalue weighted by Crippen LogP contribution is 2.34. The van der Waals surface area contributed by atoms with Gasteiger partial charge in [-0.25, -0.2) is 0 Å². The number of amides is 1. The molecule has 114 valence electrons. The van der Waals surface area contributed by atoms with Gasteiger partial charge in [0.05, 0.1) is 17.1 Å². The first-order valence-corrected chi connectivity index (χ1v) is 7.34. The molecule has 2 N–H and O–H groups in total. The van der Waals surface area contributed by atoms with E-state index in [-0.39, 0.29) is 24.7 Å². The van der Waals surface area contributed by atoms with E-state index in [1.54, 1.807) is 36.4 Å². The Kier molecular flexibility index (Phi) is 5.40. The fourth-order valence-corrected chi connectivity index (χ4v) is 2.77. The maximum absolute atomic E-state index is 11.4. The van der Waals surface area contributed by atoms with Crippen molar-refractivity contribution in [2.75, 3.05) is 13.2 Å². The minimum atomic E-state index is -0.410. The van der Waals surface area contributed by atoms with Crippen LogP contribution in [0.3, 0.4) is 0 Å². The molecule has 0 atom stereocenters. The highest BCUT2D eigenvalue weighted by Gasteiger charge is 2.15. The standard InChI is InChI=1S/C15H14N2O4S/c18-10-9-16-15(19)8-6-11-5-7-14(22-11)12-3-1-2-4-13(12)17(20)21/h1-8,18H,9-10H2,(H,16,19)/b8-6+. The van der Waals surface area contributed by atoms with Gasteiger partial charge in [0.2, 0.25) is 5.91 Å². The summed E-state index contributed by atoms with van der Waals surface area (Å²) in [6.07, 6.45) is 3.00. The number of nitrogens with zero attached hydrogens (tertiary/aromatic N) is 1. The van der Waals surface area contributed by atoms with Crippen LogP contribution in [0.5, 0.6) is 0 Å². The summed E-state index contributed by atoms with van der Waals surface area (Å²) in [6, 6.07) is 10.1. The predicted octanol–water partition coefficient (Wildman–Crippen LogP) is 2.45. The van der Waals surface area contributed by atoms with Gasteiger partial charge in [-0.3, -0.25) is 14.9 Å². The van der Waals surface area contributed by atoms with Gasteiger partial charge < -0.3 is 10.4 Å². The highest BCUT2D eigenvalue weighted by atomic mass is 32.1. The quantitative estimate of drug-likeness (QED) is 0.486. The van der Waals surface area contributed by atoms with E-state index in [2.05, 4.69) is 5.32 Å². The Labute approximate surface area is 130 Å². The van der Waals surface area contributed by atoms with Gasteiger partial charge in [0.15, 0.2) is 0 Å². The second-order valence-corrected chi connectivity index (χ2v) is 5.44. The molecule has 0 aliphatic rings. The molecular formula is C15H14N2O4S. The van der Waals surface area contributed by atoms with Crippen LogP contribution in [0.15, 0.2) is 42.5 Å². The number of carbonyl (C=O) groups is 1. The molecule has 0 radical (unpaired) electrons. The maximum atomic E-state index is 11.4. The SMILES string of the molecule is O=C(/C=C/c1ccc(-c2ccccc2[N+](=O)[O-])s1)NCCO. The van der Waals surface area contributed by atoms with Crippen molar-refractivity contribution in [1.82, 2.24) is 5.32 Å². The molecule has 1 aromatic heterocycles. The normalized spacial score (nSPS) is 10.8. The van der Waals surface area contributed by atoms with Gasteiger partial charge in [0.1, 0.15) is 0 Å². The van der Waals surface area contributed by atoms with Crippen molar-refractivity contribution >= 4 is 29.0 Å². The number of hydrogen-bond acceptors (Lipinski definition) is 5. The molecule has 0 spiro atoms. The van der Waals surface area contributed by atoms with Crippen molar-refractivity contribution in [3.05, 3.63) is 57.5 Å². The summed E-state index contributed by atoms with van der Waals surface area (Å²) in [7, 11) is 0. The maximum Gasteiger partial charge on any atom is 0.278 e. The lowest BCUT2D eigenvalue weighted by atomic mass is 10.1. The molecule has 2 rings (SSSR count). The Balaban J connectivity index is 2.17. The molecule has 22 heavy (non-hydrogen) atoms. The third-order valence-electron chi connectivity index (χ3n) is 2.80.